The molecule has 4 nitrogen and oxygen atoms in total. The average Bonchev–Trinajstić information content (AvgIpc) is 2.18. The highest BCUT2D eigenvalue weighted by Crippen LogP contribution is 2.17. The van der Waals surface area contributed by atoms with E-state index in [1.807, 2.05) is 6.07 Å². The molecule has 1 aromatic carbocycles. The van der Waals surface area contributed by atoms with Gasteiger partial charge in [-0.3, -0.25) is 4.84 Å². The van der Waals surface area contributed by atoms with Crippen LogP contribution in [0, 0.1) is 0 Å². The number of benzene rings is 1. The van der Waals surface area contributed by atoms with Crippen molar-refractivity contribution in [3.63, 3.8) is 0 Å². The standard InChI is InChI=1S/C9H13NO3/c10-13-6-7-3-1-2-4-8(7)9(12)5-11/h1-4,9,11-12H,5-6,10H2. The molecule has 0 fully saturated rings. The van der Waals surface area contributed by atoms with Gasteiger partial charge < -0.3 is 10.2 Å². The Morgan fingerprint density at radius 3 is 2.69 bits per heavy atom. The Bertz CT molecular complexity index is 265. The van der Waals surface area contributed by atoms with E-state index >= 15 is 0 Å². The molecule has 0 radical (unpaired) electrons. The van der Waals surface area contributed by atoms with Gasteiger partial charge in [0.15, 0.2) is 0 Å². The summed E-state index contributed by atoms with van der Waals surface area (Å²) >= 11 is 0. The van der Waals surface area contributed by atoms with Gasteiger partial charge in [0, 0.05) is 0 Å². The molecule has 0 aliphatic heterocycles. The Labute approximate surface area is 76.5 Å². The fraction of sp³-hybridized carbons (Fsp3) is 0.333. The summed E-state index contributed by atoms with van der Waals surface area (Å²) in [5.41, 5.74) is 1.43. The van der Waals surface area contributed by atoms with Crippen molar-refractivity contribution < 1.29 is 15.1 Å². The molecule has 0 saturated carbocycles. The Morgan fingerprint density at radius 1 is 1.38 bits per heavy atom. The van der Waals surface area contributed by atoms with Crippen molar-refractivity contribution in [1.82, 2.24) is 0 Å². The molecule has 4 N–H and O–H groups in total. The predicted molar refractivity (Wildman–Crippen MR) is 47.5 cm³/mol. The SMILES string of the molecule is NOCc1ccccc1C(O)CO. The Hall–Kier alpha value is -0.940. The van der Waals surface area contributed by atoms with Gasteiger partial charge in [-0.1, -0.05) is 24.3 Å². The van der Waals surface area contributed by atoms with Crippen LogP contribution in [-0.4, -0.2) is 16.8 Å². The third-order valence-corrected chi connectivity index (χ3v) is 1.83. The summed E-state index contributed by atoms with van der Waals surface area (Å²) in [5, 5.41) is 18.1. The molecule has 0 aromatic heterocycles. The maximum absolute atomic E-state index is 9.39. The van der Waals surface area contributed by atoms with Crippen LogP contribution in [0.15, 0.2) is 24.3 Å². The van der Waals surface area contributed by atoms with E-state index in [0.29, 0.717) is 5.56 Å². The van der Waals surface area contributed by atoms with Gasteiger partial charge in [-0.2, -0.15) is 0 Å². The fourth-order valence-electron chi connectivity index (χ4n) is 1.18. The van der Waals surface area contributed by atoms with E-state index in [-0.39, 0.29) is 13.2 Å². The van der Waals surface area contributed by atoms with Crippen LogP contribution in [0.5, 0.6) is 0 Å². The number of rotatable bonds is 4. The van der Waals surface area contributed by atoms with Crippen LogP contribution < -0.4 is 5.90 Å². The topological polar surface area (TPSA) is 75.7 Å². The molecular weight excluding hydrogens is 170 g/mol. The Kier molecular flexibility index (Phi) is 3.85. The first-order valence-corrected chi connectivity index (χ1v) is 3.98. The zero-order valence-corrected chi connectivity index (χ0v) is 7.18. The van der Waals surface area contributed by atoms with Gasteiger partial charge in [-0.25, -0.2) is 5.90 Å². The highest BCUT2D eigenvalue weighted by Gasteiger charge is 2.09. The van der Waals surface area contributed by atoms with Crippen molar-refractivity contribution in [2.45, 2.75) is 12.7 Å². The maximum Gasteiger partial charge on any atom is 0.102 e. The van der Waals surface area contributed by atoms with Crippen molar-refractivity contribution in [2.75, 3.05) is 6.61 Å². The lowest BCUT2D eigenvalue weighted by atomic mass is 10.0. The van der Waals surface area contributed by atoms with Crippen molar-refractivity contribution in [3.8, 4) is 0 Å². The molecule has 0 aliphatic carbocycles. The lowest BCUT2D eigenvalue weighted by Crippen LogP contribution is -2.08. The first-order valence-electron chi connectivity index (χ1n) is 3.98. The third kappa shape index (κ3) is 2.50. The van der Waals surface area contributed by atoms with Crippen molar-refractivity contribution >= 4 is 0 Å². The van der Waals surface area contributed by atoms with Crippen molar-refractivity contribution in [2.24, 2.45) is 5.90 Å². The number of aliphatic hydroxyl groups is 2. The molecule has 0 bridgehead atoms. The van der Waals surface area contributed by atoms with E-state index in [2.05, 4.69) is 4.84 Å². The number of nitrogens with two attached hydrogens (primary N) is 1. The predicted octanol–water partition coefficient (Wildman–Crippen LogP) is 0.103. The largest absolute Gasteiger partial charge is 0.393 e. The smallest absolute Gasteiger partial charge is 0.102 e. The van der Waals surface area contributed by atoms with Crippen LogP contribution >= 0.6 is 0 Å². The van der Waals surface area contributed by atoms with Crippen LogP contribution in [0.25, 0.3) is 0 Å². The summed E-state index contributed by atoms with van der Waals surface area (Å²) in [6.45, 7) is -0.0746. The number of hydrogen-bond donors (Lipinski definition) is 3. The van der Waals surface area contributed by atoms with E-state index in [4.69, 9.17) is 11.0 Å². The van der Waals surface area contributed by atoms with Gasteiger partial charge in [0.1, 0.15) is 6.10 Å². The first kappa shape index (κ1) is 10.1. The Morgan fingerprint density at radius 2 is 2.08 bits per heavy atom. The molecule has 0 saturated heterocycles. The zero-order chi connectivity index (χ0) is 9.68. The van der Waals surface area contributed by atoms with Crippen molar-refractivity contribution in [3.05, 3.63) is 35.4 Å². The molecule has 0 heterocycles. The van der Waals surface area contributed by atoms with E-state index in [1.165, 1.54) is 0 Å². The lowest BCUT2D eigenvalue weighted by molar-refractivity contribution is 0.0883. The molecule has 0 aliphatic rings. The maximum atomic E-state index is 9.39. The molecule has 0 spiro atoms. The van der Waals surface area contributed by atoms with Crippen LogP contribution in [-0.2, 0) is 11.4 Å². The summed E-state index contributed by atoms with van der Waals surface area (Å²) in [5.74, 6) is 4.93. The van der Waals surface area contributed by atoms with Crippen molar-refractivity contribution in [1.29, 1.82) is 0 Å². The second kappa shape index (κ2) is 4.94. The van der Waals surface area contributed by atoms with Crippen LogP contribution in [0.1, 0.15) is 17.2 Å². The Balaban J connectivity index is 2.90. The second-order valence-corrected chi connectivity index (χ2v) is 2.71. The monoisotopic (exact) mass is 183 g/mol. The van der Waals surface area contributed by atoms with E-state index in [9.17, 15) is 5.11 Å². The molecule has 1 atom stereocenters. The zero-order valence-electron chi connectivity index (χ0n) is 7.18. The third-order valence-electron chi connectivity index (χ3n) is 1.83. The highest BCUT2D eigenvalue weighted by molar-refractivity contribution is 5.28. The minimum atomic E-state index is -0.869. The van der Waals surface area contributed by atoms with Crippen LogP contribution in [0.4, 0.5) is 0 Å². The number of aliphatic hydroxyl groups excluding tert-OH is 2. The molecule has 13 heavy (non-hydrogen) atoms. The van der Waals surface area contributed by atoms with Gasteiger partial charge >= 0.3 is 0 Å². The summed E-state index contributed by atoms with van der Waals surface area (Å²) in [6, 6.07) is 7.13. The molecule has 72 valence electrons. The van der Waals surface area contributed by atoms with Crippen LogP contribution in [0.2, 0.25) is 0 Å². The van der Waals surface area contributed by atoms with E-state index in [1.54, 1.807) is 18.2 Å². The highest BCUT2D eigenvalue weighted by atomic mass is 16.6. The van der Waals surface area contributed by atoms with Gasteiger partial charge in [-0.05, 0) is 11.1 Å². The quantitative estimate of drug-likeness (QED) is 0.579. The molecule has 1 unspecified atom stereocenters. The summed E-state index contributed by atoms with van der Waals surface area (Å²) in [6.07, 6.45) is -0.869. The fourth-order valence-corrected chi connectivity index (χ4v) is 1.18. The van der Waals surface area contributed by atoms with Gasteiger partial charge in [-0.15, -0.1) is 0 Å². The van der Waals surface area contributed by atoms with Gasteiger partial charge in [0.25, 0.3) is 0 Å². The van der Waals surface area contributed by atoms with Gasteiger partial charge in [0.2, 0.25) is 0 Å². The first-order chi connectivity index (χ1) is 6.29. The minimum absolute atomic E-state index is 0.229. The second-order valence-electron chi connectivity index (χ2n) is 2.71. The molecule has 1 rings (SSSR count). The summed E-state index contributed by atoms with van der Waals surface area (Å²) in [7, 11) is 0. The molecule has 0 amide bonds. The lowest BCUT2D eigenvalue weighted by Gasteiger charge is -2.12. The summed E-state index contributed by atoms with van der Waals surface area (Å²) < 4.78 is 0. The summed E-state index contributed by atoms with van der Waals surface area (Å²) in [4.78, 5) is 4.47. The van der Waals surface area contributed by atoms with E-state index in [0.717, 1.165) is 5.56 Å². The average molecular weight is 183 g/mol. The minimum Gasteiger partial charge on any atom is -0.393 e. The number of hydrogen-bond acceptors (Lipinski definition) is 4. The van der Waals surface area contributed by atoms with E-state index < -0.39 is 6.10 Å². The van der Waals surface area contributed by atoms with Crippen LogP contribution in [0.3, 0.4) is 0 Å². The molecular formula is C9H13NO3. The normalized spacial score (nSPS) is 12.8. The molecule has 1 aromatic rings. The van der Waals surface area contributed by atoms with Gasteiger partial charge in [0.05, 0.1) is 13.2 Å². The molecule has 4 heteroatoms.